The summed E-state index contributed by atoms with van der Waals surface area (Å²) in [5.41, 5.74) is 0.345. The SMILES string of the molecule is NS(=O)(=O)Cc1ccc(NC(=O)c2ccccc2NS(=O)(=O)c2cccc([N+](=O)[O-])c2)cc1. The van der Waals surface area contributed by atoms with Gasteiger partial charge in [0.2, 0.25) is 10.0 Å². The first-order chi connectivity index (χ1) is 15.4. The maximum atomic E-state index is 12.8. The van der Waals surface area contributed by atoms with E-state index in [-0.39, 0.29) is 21.9 Å². The topological polar surface area (TPSA) is 179 Å². The van der Waals surface area contributed by atoms with Crippen LogP contribution in [0.4, 0.5) is 17.1 Å². The van der Waals surface area contributed by atoms with E-state index in [9.17, 15) is 31.7 Å². The molecule has 3 rings (SSSR count). The summed E-state index contributed by atoms with van der Waals surface area (Å²) < 4.78 is 50.1. The molecule has 1 amide bonds. The van der Waals surface area contributed by atoms with Crippen molar-refractivity contribution in [3.63, 3.8) is 0 Å². The molecule has 0 bridgehead atoms. The third-order valence-corrected chi connectivity index (χ3v) is 6.43. The molecular formula is C20H18N4O7S2. The molecule has 0 aliphatic rings. The van der Waals surface area contributed by atoms with Crippen molar-refractivity contribution in [2.24, 2.45) is 5.14 Å². The van der Waals surface area contributed by atoms with Crippen molar-refractivity contribution in [3.05, 3.63) is 94.0 Å². The standard InChI is InChI=1S/C20H18N4O7S2/c21-32(28,29)13-14-8-10-15(11-9-14)22-20(25)18-6-1-2-7-19(18)23-33(30,31)17-5-3-4-16(12-17)24(26)27/h1-12,23H,13H2,(H,22,25)(H2,21,28,29). The van der Waals surface area contributed by atoms with Crippen LogP contribution in [0.5, 0.6) is 0 Å². The van der Waals surface area contributed by atoms with Gasteiger partial charge in [-0.1, -0.05) is 30.3 Å². The maximum absolute atomic E-state index is 12.8. The van der Waals surface area contributed by atoms with Gasteiger partial charge in [0.15, 0.2) is 0 Å². The molecule has 0 saturated carbocycles. The van der Waals surface area contributed by atoms with Crippen molar-refractivity contribution in [3.8, 4) is 0 Å². The van der Waals surface area contributed by atoms with E-state index in [0.717, 1.165) is 12.1 Å². The molecule has 172 valence electrons. The average Bonchev–Trinajstić information content (AvgIpc) is 2.74. The number of sulfonamides is 2. The summed E-state index contributed by atoms with van der Waals surface area (Å²) in [5, 5.41) is 18.5. The Labute approximate surface area is 189 Å². The largest absolute Gasteiger partial charge is 0.322 e. The molecule has 11 nitrogen and oxygen atoms in total. The molecule has 0 fully saturated rings. The number of hydrogen-bond donors (Lipinski definition) is 3. The number of hydrogen-bond acceptors (Lipinski definition) is 7. The van der Waals surface area contributed by atoms with E-state index >= 15 is 0 Å². The fraction of sp³-hybridized carbons (Fsp3) is 0.0500. The normalized spacial score (nSPS) is 11.5. The Bertz CT molecular complexity index is 1420. The number of amides is 1. The molecular weight excluding hydrogens is 472 g/mol. The van der Waals surface area contributed by atoms with E-state index in [1.165, 1.54) is 60.7 Å². The van der Waals surface area contributed by atoms with Gasteiger partial charge in [-0.25, -0.2) is 22.0 Å². The van der Waals surface area contributed by atoms with Gasteiger partial charge in [0, 0.05) is 17.8 Å². The zero-order chi connectivity index (χ0) is 24.2. The minimum absolute atomic E-state index is 0.000110. The van der Waals surface area contributed by atoms with Crippen LogP contribution in [-0.2, 0) is 25.8 Å². The molecule has 0 saturated heterocycles. The second-order valence-electron chi connectivity index (χ2n) is 6.86. The Kier molecular flexibility index (Phi) is 6.76. The molecule has 3 aromatic rings. The van der Waals surface area contributed by atoms with Crippen LogP contribution >= 0.6 is 0 Å². The van der Waals surface area contributed by atoms with E-state index in [4.69, 9.17) is 5.14 Å². The lowest BCUT2D eigenvalue weighted by Crippen LogP contribution is -2.19. The number of nitro benzene ring substituents is 1. The van der Waals surface area contributed by atoms with Gasteiger partial charge in [-0.2, -0.15) is 0 Å². The van der Waals surface area contributed by atoms with Crippen LogP contribution < -0.4 is 15.2 Å². The molecule has 0 atom stereocenters. The Morgan fingerprint density at radius 3 is 2.24 bits per heavy atom. The number of rotatable bonds is 8. The Hall–Kier alpha value is -3.81. The van der Waals surface area contributed by atoms with Crippen LogP contribution in [0.15, 0.2) is 77.7 Å². The molecule has 13 heteroatoms. The van der Waals surface area contributed by atoms with Crippen LogP contribution in [0.2, 0.25) is 0 Å². The highest BCUT2D eigenvalue weighted by Crippen LogP contribution is 2.24. The van der Waals surface area contributed by atoms with Gasteiger partial charge in [0.25, 0.3) is 21.6 Å². The fourth-order valence-corrected chi connectivity index (χ4v) is 4.63. The second-order valence-corrected chi connectivity index (χ2v) is 10.2. The van der Waals surface area contributed by atoms with Crippen LogP contribution in [0.1, 0.15) is 15.9 Å². The second kappa shape index (κ2) is 9.36. The number of nitrogens with two attached hydrogens (primary N) is 1. The van der Waals surface area contributed by atoms with Gasteiger partial charge in [-0.15, -0.1) is 0 Å². The van der Waals surface area contributed by atoms with Gasteiger partial charge >= 0.3 is 0 Å². The molecule has 0 radical (unpaired) electrons. The minimum Gasteiger partial charge on any atom is -0.322 e. The summed E-state index contributed by atoms with van der Waals surface area (Å²) in [6.07, 6.45) is 0. The molecule has 3 aromatic carbocycles. The van der Waals surface area contributed by atoms with E-state index in [0.29, 0.717) is 11.3 Å². The zero-order valence-corrected chi connectivity index (χ0v) is 18.5. The summed E-state index contributed by atoms with van der Waals surface area (Å²) in [4.78, 5) is 22.7. The Morgan fingerprint density at radius 2 is 1.61 bits per heavy atom. The molecule has 33 heavy (non-hydrogen) atoms. The van der Waals surface area contributed by atoms with Crippen LogP contribution in [0, 0.1) is 10.1 Å². The maximum Gasteiger partial charge on any atom is 0.270 e. The molecule has 4 N–H and O–H groups in total. The van der Waals surface area contributed by atoms with Crippen LogP contribution in [0.25, 0.3) is 0 Å². The van der Waals surface area contributed by atoms with Crippen molar-refractivity contribution in [1.29, 1.82) is 0 Å². The molecule has 0 aromatic heterocycles. The number of nitro groups is 1. The number of primary sulfonamides is 1. The van der Waals surface area contributed by atoms with E-state index in [1.54, 1.807) is 0 Å². The van der Waals surface area contributed by atoms with Crippen molar-refractivity contribution >= 4 is 43.0 Å². The molecule has 0 heterocycles. The van der Waals surface area contributed by atoms with Crippen LogP contribution in [0.3, 0.4) is 0 Å². The smallest absolute Gasteiger partial charge is 0.270 e. The van der Waals surface area contributed by atoms with Gasteiger partial charge in [0.05, 0.1) is 26.8 Å². The highest BCUT2D eigenvalue weighted by atomic mass is 32.2. The number of carbonyl (C=O) groups is 1. The van der Waals surface area contributed by atoms with Gasteiger partial charge in [-0.05, 0) is 35.9 Å². The van der Waals surface area contributed by atoms with Crippen molar-refractivity contribution < 1.29 is 26.6 Å². The first kappa shape index (κ1) is 23.8. The van der Waals surface area contributed by atoms with E-state index < -0.39 is 36.6 Å². The molecule has 0 aliphatic carbocycles. The quantitative estimate of drug-likeness (QED) is 0.320. The van der Waals surface area contributed by atoms with Crippen molar-refractivity contribution in [1.82, 2.24) is 0 Å². The van der Waals surface area contributed by atoms with E-state index in [1.807, 2.05) is 0 Å². The number of carbonyl (C=O) groups excluding carboxylic acids is 1. The first-order valence-corrected chi connectivity index (χ1v) is 12.4. The number of para-hydroxylation sites is 1. The highest BCUT2D eigenvalue weighted by molar-refractivity contribution is 7.92. The van der Waals surface area contributed by atoms with Crippen molar-refractivity contribution in [2.45, 2.75) is 10.6 Å². The van der Waals surface area contributed by atoms with E-state index in [2.05, 4.69) is 10.0 Å². The third-order valence-electron chi connectivity index (χ3n) is 4.33. The summed E-state index contributed by atoms with van der Waals surface area (Å²) >= 11 is 0. The summed E-state index contributed by atoms with van der Waals surface area (Å²) in [7, 11) is -7.92. The lowest BCUT2D eigenvalue weighted by molar-refractivity contribution is -0.385. The zero-order valence-electron chi connectivity index (χ0n) is 16.8. The molecule has 0 unspecified atom stereocenters. The number of nitrogens with one attached hydrogen (secondary N) is 2. The lowest BCUT2D eigenvalue weighted by atomic mass is 10.1. The molecule has 0 spiro atoms. The summed E-state index contributed by atoms with van der Waals surface area (Å²) in [6, 6.07) is 16.3. The van der Waals surface area contributed by atoms with Gasteiger partial charge < -0.3 is 5.32 Å². The number of benzene rings is 3. The minimum atomic E-state index is -4.22. The predicted molar refractivity (Wildman–Crippen MR) is 122 cm³/mol. The Balaban J connectivity index is 1.82. The summed E-state index contributed by atoms with van der Waals surface area (Å²) in [6.45, 7) is 0. The lowest BCUT2D eigenvalue weighted by Gasteiger charge is -2.13. The average molecular weight is 491 g/mol. The highest BCUT2D eigenvalue weighted by Gasteiger charge is 2.21. The number of nitrogens with zero attached hydrogens (tertiary/aromatic N) is 1. The Morgan fingerprint density at radius 1 is 0.939 bits per heavy atom. The van der Waals surface area contributed by atoms with Crippen molar-refractivity contribution in [2.75, 3.05) is 10.0 Å². The van der Waals surface area contributed by atoms with Gasteiger partial charge in [-0.3, -0.25) is 19.6 Å². The fourth-order valence-electron chi connectivity index (χ4n) is 2.85. The molecule has 0 aliphatic heterocycles. The number of anilines is 2. The third kappa shape index (κ3) is 6.35. The van der Waals surface area contributed by atoms with Gasteiger partial charge in [0.1, 0.15) is 0 Å². The number of non-ortho nitro benzene ring substituents is 1. The van der Waals surface area contributed by atoms with Crippen LogP contribution in [-0.4, -0.2) is 27.7 Å². The summed E-state index contributed by atoms with van der Waals surface area (Å²) in [5.74, 6) is -0.990. The predicted octanol–water partition coefficient (Wildman–Crippen LogP) is 2.44. The first-order valence-electron chi connectivity index (χ1n) is 9.22. The monoisotopic (exact) mass is 490 g/mol.